The lowest BCUT2D eigenvalue weighted by atomic mass is 10.0. The Morgan fingerprint density at radius 1 is 1.32 bits per heavy atom. The van der Waals surface area contributed by atoms with Gasteiger partial charge < -0.3 is 26.5 Å². The Morgan fingerprint density at radius 3 is 2.58 bits per heavy atom. The van der Waals surface area contributed by atoms with E-state index in [-0.39, 0.29) is 12.0 Å². The summed E-state index contributed by atoms with van der Waals surface area (Å²) in [4.78, 5) is 45.6. The molecule has 1 aliphatic rings. The zero-order valence-electron chi connectivity index (χ0n) is 18.4. The largest absolute Gasteiger partial charge is 0.370 e. The Morgan fingerprint density at radius 2 is 2.03 bits per heavy atom. The van der Waals surface area contributed by atoms with Crippen LogP contribution in [0, 0.1) is 0 Å². The maximum Gasteiger partial charge on any atom is 0.327 e. The van der Waals surface area contributed by atoms with Gasteiger partial charge in [0.2, 0.25) is 5.91 Å². The van der Waals surface area contributed by atoms with Gasteiger partial charge in [0.15, 0.2) is 5.96 Å². The van der Waals surface area contributed by atoms with Crippen LogP contribution in [0.3, 0.4) is 0 Å². The van der Waals surface area contributed by atoms with Gasteiger partial charge in [-0.05, 0) is 51.6 Å². The minimum absolute atomic E-state index is 0.0268. The van der Waals surface area contributed by atoms with Crippen molar-refractivity contribution in [3.05, 3.63) is 35.9 Å². The number of nitrogens with two attached hydrogens (primary N) is 2. The molecule has 170 valence electrons. The summed E-state index contributed by atoms with van der Waals surface area (Å²) in [6.45, 7) is 2.86. The third kappa shape index (κ3) is 6.78. The van der Waals surface area contributed by atoms with E-state index in [2.05, 4.69) is 10.3 Å². The maximum absolute atomic E-state index is 13.5. The van der Waals surface area contributed by atoms with Gasteiger partial charge in [0.05, 0.1) is 12.1 Å². The first-order valence-corrected chi connectivity index (χ1v) is 10.7. The first-order chi connectivity index (χ1) is 14.9. The van der Waals surface area contributed by atoms with Crippen LogP contribution in [0.15, 0.2) is 35.3 Å². The molecule has 1 fully saturated rings. The molecular formula is C22H34N6O3. The molecule has 0 spiro atoms. The number of aliphatic imine (C=N–C) groups is 1. The van der Waals surface area contributed by atoms with Crippen molar-refractivity contribution in [2.45, 2.75) is 57.2 Å². The SMILES string of the molecule is CN[C@H](Cc1ccccc1)C(=O)N(C(=O)N1CCC[C@H]1C)[C@H](C=O)CCCN=C(N)N. The quantitative estimate of drug-likeness (QED) is 0.218. The second-order valence-corrected chi connectivity index (χ2v) is 7.86. The highest BCUT2D eigenvalue weighted by atomic mass is 16.2. The number of aldehydes is 1. The highest BCUT2D eigenvalue weighted by Gasteiger charge is 2.38. The number of amides is 3. The Labute approximate surface area is 183 Å². The van der Waals surface area contributed by atoms with Crippen LogP contribution in [0.5, 0.6) is 0 Å². The lowest BCUT2D eigenvalue weighted by molar-refractivity contribution is -0.135. The van der Waals surface area contributed by atoms with Gasteiger partial charge in [-0.3, -0.25) is 14.7 Å². The number of likely N-dealkylation sites (tertiary alicyclic amines) is 1. The molecule has 1 saturated heterocycles. The Bertz CT molecular complexity index is 766. The monoisotopic (exact) mass is 430 g/mol. The van der Waals surface area contributed by atoms with Crippen molar-refractivity contribution in [3.63, 3.8) is 0 Å². The van der Waals surface area contributed by atoms with E-state index in [4.69, 9.17) is 11.5 Å². The fourth-order valence-corrected chi connectivity index (χ4v) is 3.85. The number of likely N-dealkylation sites (N-methyl/N-ethyl adjacent to an activating group) is 1. The van der Waals surface area contributed by atoms with Crippen LogP contribution in [0.25, 0.3) is 0 Å². The molecule has 0 aromatic heterocycles. The molecule has 0 unspecified atom stereocenters. The number of benzene rings is 1. The fourth-order valence-electron chi connectivity index (χ4n) is 3.85. The molecule has 1 heterocycles. The number of hydrogen-bond donors (Lipinski definition) is 3. The number of nitrogens with one attached hydrogen (secondary N) is 1. The second kappa shape index (κ2) is 12.0. The Balaban J connectivity index is 2.25. The van der Waals surface area contributed by atoms with Crippen molar-refractivity contribution < 1.29 is 14.4 Å². The van der Waals surface area contributed by atoms with Gasteiger partial charge in [0.1, 0.15) is 6.29 Å². The number of hydrogen-bond acceptors (Lipinski definition) is 5. The van der Waals surface area contributed by atoms with Crippen molar-refractivity contribution in [2.24, 2.45) is 16.5 Å². The smallest absolute Gasteiger partial charge is 0.327 e. The van der Waals surface area contributed by atoms with E-state index < -0.39 is 24.0 Å². The van der Waals surface area contributed by atoms with E-state index in [9.17, 15) is 14.4 Å². The number of nitrogens with zero attached hydrogens (tertiary/aromatic N) is 3. The molecule has 3 amide bonds. The van der Waals surface area contributed by atoms with Gasteiger partial charge in [-0.25, -0.2) is 4.79 Å². The minimum atomic E-state index is -0.881. The van der Waals surface area contributed by atoms with Crippen molar-refractivity contribution in [1.29, 1.82) is 0 Å². The van der Waals surface area contributed by atoms with Crippen LogP contribution >= 0.6 is 0 Å². The van der Waals surface area contributed by atoms with Crippen LogP contribution in [0.4, 0.5) is 4.79 Å². The van der Waals surface area contributed by atoms with Gasteiger partial charge in [-0.15, -0.1) is 0 Å². The number of urea groups is 1. The molecule has 31 heavy (non-hydrogen) atoms. The number of guanidine groups is 1. The first kappa shape index (κ1) is 24.3. The summed E-state index contributed by atoms with van der Waals surface area (Å²) in [7, 11) is 1.68. The van der Waals surface area contributed by atoms with Gasteiger partial charge in [-0.2, -0.15) is 0 Å². The molecule has 1 aromatic carbocycles. The summed E-state index contributed by atoms with van der Waals surface area (Å²) >= 11 is 0. The van der Waals surface area contributed by atoms with Crippen LogP contribution in [-0.4, -0.2) is 72.2 Å². The van der Waals surface area contributed by atoms with Gasteiger partial charge in [-0.1, -0.05) is 30.3 Å². The summed E-state index contributed by atoms with van der Waals surface area (Å²) in [5.74, 6) is -0.440. The summed E-state index contributed by atoms with van der Waals surface area (Å²) in [5.41, 5.74) is 11.7. The summed E-state index contributed by atoms with van der Waals surface area (Å²) in [6.07, 6.45) is 3.60. The molecule has 5 N–H and O–H groups in total. The highest BCUT2D eigenvalue weighted by Crippen LogP contribution is 2.21. The van der Waals surface area contributed by atoms with E-state index in [0.29, 0.717) is 38.6 Å². The van der Waals surface area contributed by atoms with E-state index in [1.807, 2.05) is 37.3 Å². The number of rotatable bonds is 10. The average molecular weight is 431 g/mol. The van der Waals surface area contributed by atoms with E-state index in [0.717, 1.165) is 23.3 Å². The van der Waals surface area contributed by atoms with Crippen LogP contribution in [-0.2, 0) is 16.0 Å². The maximum atomic E-state index is 13.5. The molecule has 0 aliphatic carbocycles. The summed E-state index contributed by atoms with van der Waals surface area (Å²) < 4.78 is 0. The third-order valence-electron chi connectivity index (χ3n) is 5.61. The predicted octanol–water partition coefficient (Wildman–Crippen LogP) is 0.871. The lowest BCUT2D eigenvalue weighted by Gasteiger charge is -2.34. The van der Waals surface area contributed by atoms with E-state index >= 15 is 0 Å². The molecule has 2 rings (SSSR count). The first-order valence-electron chi connectivity index (χ1n) is 10.7. The minimum Gasteiger partial charge on any atom is -0.370 e. The highest BCUT2D eigenvalue weighted by molar-refractivity contribution is 5.99. The van der Waals surface area contributed by atoms with Crippen molar-refractivity contribution in [3.8, 4) is 0 Å². The molecule has 1 aliphatic heterocycles. The van der Waals surface area contributed by atoms with E-state index in [1.165, 1.54) is 0 Å². The molecule has 9 nitrogen and oxygen atoms in total. The standard InChI is InChI=1S/C22H34N6O3/c1-16-8-7-13-27(16)22(31)28(18(15-29)11-6-12-26-21(23)24)20(30)19(25-2)14-17-9-4-3-5-10-17/h3-5,9-10,15-16,18-19,25H,6-8,11-14H2,1-2H3,(H4,23,24,26)/t16-,18+,19-/m1/s1. The van der Waals surface area contributed by atoms with Gasteiger partial charge in [0, 0.05) is 19.1 Å². The second-order valence-electron chi connectivity index (χ2n) is 7.86. The fraction of sp³-hybridized carbons (Fsp3) is 0.545. The summed E-state index contributed by atoms with van der Waals surface area (Å²) in [5, 5.41) is 3.02. The Kier molecular flexibility index (Phi) is 9.45. The van der Waals surface area contributed by atoms with Gasteiger partial charge >= 0.3 is 6.03 Å². The van der Waals surface area contributed by atoms with Crippen LogP contribution in [0.1, 0.15) is 38.2 Å². The van der Waals surface area contributed by atoms with Crippen LogP contribution < -0.4 is 16.8 Å². The summed E-state index contributed by atoms with van der Waals surface area (Å²) in [6, 6.07) is 7.67. The number of imide groups is 1. The average Bonchev–Trinajstić information content (AvgIpc) is 3.19. The van der Waals surface area contributed by atoms with Crippen molar-refractivity contribution in [2.75, 3.05) is 20.1 Å². The molecule has 0 bridgehead atoms. The van der Waals surface area contributed by atoms with Crippen molar-refractivity contribution in [1.82, 2.24) is 15.1 Å². The zero-order chi connectivity index (χ0) is 22.8. The molecule has 1 aromatic rings. The molecule has 0 saturated carbocycles. The normalized spacial score (nSPS) is 17.6. The molecule has 3 atom stereocenters. The number of carbonyl (C=O) groups is 3. The molecular weight excluding hydrogens is 396 g/mol. The topological polar surface area (TPSA) is 134 Å². The van der Waals surface area contributed by atoms with E-state index in [1.54, 1.807) is 11.9 Å². The predicted molar refractivity (Wildman–Crippen MR) is 120 cm³/mol. The molecule has 9 heteroatoms. The number of carbonyl (C=O) groups excluding carboxylic acids is 3. The molecule has 0 radical (unpaired) electrons. The third-order valence-corrected chi connectivity index (χ3v) is 5.61. The van der Waals surface area contributed by atoms with Crippen LogP contribution in [0.2, 0.25) is 0 Å². The lowest BCUT2D eigenvalue weighted by Crippen LogP contribution is -2.57. The van der Waals surface area contributed by atoms with Gasteiger partial charge in [0.25, 0.3) is 0 Å². The zero-order valence-corrected chi connectivity index (χ0v) is 18.4. The van der Waals surface area contributed by atoms with Crippen molar-refractivity contribution >= 4 is 24.2 Å². The Hall–Kier alpha value is -2.94.